The molecule has 1 atom stereocenters. The predicted octanol–water partition coefficient (Wildman–Crippen LogP) is 3.23. The number of rotatable bonds is 6. The molecule has 0 unspecified atom stereocenters. The Kier molecular flexibility index (Phi) is 4.78. The summed E-state index contributed by atoms with van der Waals surface area (Å²) in [5.41, 5.74) is 2.16. The Hall–Kier alpha value is -2.12. The number of nitrogens with one attached hydrogen (secondary N) is 1. The number of hydrogen-bond donors (Lipinski definition) is 1. The molecule has 0 saturated carbocycles. The van der Waals surface area contributed by atoms with Crippen LogP contribution in [0.4, 0.5) is 0 Å². The molecule has 2 heterocycles. The lowest BCUT2D eigenvalue weighted by Crippen LogP contribution is -2.21. The molecular weight excluding hydrogens is 308 g/mol. The van der Waals surface area contributed by atoms with Gasteiger partial charge in [-0.25, -0.2) is 9.67 Å². The van der Waals surface area contributed by atoms with Gasteiger partial charge in [-0.05, 0) is 31.2 Å². The van der Waals surface area contributed by atoms with Gasteiger partial charge in [-0.15, -0.1) is 16.4 Å². The lowest BCUT2D eigenvalue weighted by molar-refractivity contribution is 0.468. The van der Waals surface area contributed by atoms with Gasteiger partial charge in [-0.3, -0.25) is 0 Å². The van der Waals surface area contributed by atoms with Gasteiger partial charge in [-0.1, -0.05) is 30.3 Å². The highest BCUT2D eigenvalue weighted by Gasteiger charge is 2.14. The third-order valence-corrected chi connectivity index (χ3v) is 4.61. The molecule has 1 aromatic carbocycles. The first-order valence-corrected chi connectivity index (χ1v) is 8.54. The van der Waals surface area contributed by atoms with Crippen LogP contribution in [0.1, 0.15) is 43.7 Å². The molecule has 6 nitrogen and oxygen atoms in total. The van der Waals surface area contributed by atoms with Crippen molar-refractivity contribution >= 4 is 11.3 Å². The summed E-state index contributed by atoms with van der Waals surface area (Å²) in [6, 6.07) is 10.6. The molecule has 1 N–H and O–H groups in total. The van der Waals surface area contributed by atoms with Gasteiger partial charge in [0.15, 0.2) is 5.82 Å². The zero-order valence-electron chi connectivity index (χ0n) is 13.5. The highest BCUT2D eigenvalue weighted by Crippen LogP contribution is 2.25. The zero-order chi connectivity index (χ0) is 16.2. The summed E-state index contributed by atoms with van der Waals surface area (Å²) in [5, 5.41) is 18.4. The molecule has 7 heteroatoms. The molecule has 0 amide bonds. The molecule has 0 fully saturated rings. The Bertz CT molecular complexity index is 749. The SMILES string of the molecule is CC(C)n1nnnc1CN[C@@H](C)c1nc(-c2ccccc2)cs1. The quantitative estimate of drug-likeness (QED) is 0.752. The van der Waals surface area contributed by atoms with Crippen molar-refractivity contribution in [2.24, 2.45) is 0 Å². The van der Waals surface area contributed by atoms with Crippen LogP contribution in [0, 0.1) is 0 Å². The van der Waals surface area contributed by atoms with E-state index in [1.807, 2.05) is 22.9 Å². The van der Waals surface area contributed by atoms with Crippen molar-refractivity contribution < 1.29 is 0 Å². The van der Waals surface area contributed by atoms with Crippen LogP contribution in [-0.4, -0.2) is 25.2 Å². The van der Waals surface area contributed by atoms with Crippen LogP contribution in [0.15, 0.2) is 35.7 Å². The van der Waals surface area contributed by atoms with E-state index < -0.39 is 0 Å². The van der Waals surface area contributed by atoms with E-state index in [1.165, 1.54) is 0 Å². The van der Waals surface area contributed by atoms with Crippen molar-refractivity contribution in [2.75, 3.05) is 0 Å². The first kappa shape index (κ1) is 15.8. The molecule has 3 rings (SSSR count). The van der Waals surface area contributed by atoms with Crippen molar-refractivity contribution in [3.8, 4) is 11.3 Å². The van der Waals surface area contributed by atoms with E-state index in [9.17, 15) is 0 Å². The molecule has 0 radical (unpaired) electrons. The molecule has 2 aromatic heterocycles. The molecule has 0 bridgehead atoms. The van der Waals surface area contributed by atoms with Crippen LogP contribution in [0.25, 0.3) is 11.3 Å². The van der Waals surface area contributed by atoms with Gasteiger partial charge in [0.2, 0.25) is 0 Å². The van der Waals surface area contributed by atoms with Gasteiger partial charge in [0.05, 0.1) is 24.3 Å². The van der Waals surface area contributed by atoms with Gasteiger partial charge in [0, 0.05) is 10.9 Å². The number of aromatic nitrogens is 5. The smallest absolute Gasteiger partial charge is 0.165 e. The Morgan fingerprint density at radius 1 is 1.17 bits per heavy atom. The standard InChI is InChI=1S/C16H20N6S/c1-11(2)22-15(19-20-21-22)9-17-12(3)16-18-14(10-23-16)13-7-5-4-6-8-13/h4-8,10-12,17H,9H2,1-3H3/t12-/m0/s1. The molecular formula is C16H20N6S. The van der Waals surface area contributed by atoms with E-state index in [0.29, 0.717) is 6.54 Å². The normalized spacial score (nSPS) is 12.7. The molecule has 0 aliphatic heterocycles. The van der Waals surface area contributed by atoms with E-state index in [4.69, 9.17) is 4.98 Å². The molecule has 0 saturated heterocycles. The van der Waals surface area contributed by atoms with Crippen LogP contribution >= 0.6 is 11.3 Å². The Morgan fingerprint density at radius 3 is 2.70 bits per heavy atom. The second-order valence-corrected chi connectivity index (χ2v) is 6.56. The fourth-order valence-electron chi connectivity index (χ4n) is 2.29. The summed E-state index contributed by atoms with van der Waals surface area (Å²) in [6.07, 6.45) is 0. The minimum absolute atomic E-state index is 0.148. The third kappa shape index (κ3) is 3.62. The number of thiazole rings is 1. The minimum Gasteiger partial charge on any atom is -0.301 e. The van der Waals surface area contributed by atoms with Crippen LogP contribution in [0.2, 0.25) is 0 Å². The Labute approximate surface area is 139 Å². The minimum atomic E-state index is 0.148. The van der Waals surface area contributed by atoms with Crippen LogP contribution in [-0.2, 0) is 6.54 Å². The largest absolute Gasteiger partial charge is 0.301 e. The maximum absolute atomic E-state index is 4.74. The molecule has 0 aliphatic carbocycles. The first-order chi connectivity index (χ1) is 11.1. The lowest BCUT2D eigenvalue weighted by atomic mass is 10.2. The Balaban J connectivity index is 1.66. The summed E-state index contributed by atoms with van der Waals surface area (Å²) >= 11 is 1.67. The molecule has 3 aromatic rings. The Morgan fingerprint density at radius 2 is 1.96 bits per heavy atom. The highest BCUT2D eigenvalue weighted by molar-refractivity contribution is 7.10. The lowest BCUT2D eigenvalue weighted by Gasteiger charge is -2.12. The summed E-state index contributed by atoms with van der Waals surface area (Å²) in [4.78, 5) is 4.74. The second kappa shape index (κ2) is 6.97. The molecule has 120 valence electrons. The second-order valence-electron chi connectivity index (χ2n) is 5.67. The first-order valence-electron chi connectivity index (χ1n) is 7.66. The predicted molar refractivity (Wildman–Crippen MR) is 91.0 cm³/mol. The van der Waals surface area contributed by atoms with E-state index in [-0.39, 0.29) is 12.1 Å². The number of nitrogens with zero attached hydrogens (tertiary/aromatic N) is 5. The van der Waals surface area contributed by atoms with E-state index in [0.717, 1.165) is 22.1 Å². The average molecular weight is 328 g/mol. The number of benzene rings is 1. The summed E-state index contributed by atoms with van der Waals surface area (Å²) in [6.45, 7) is 6.86. The highest BCUT2D eigenvalue weighted by atomic mass is 32.1. The van der Waals surface area contributed by atoms with Crippen LogP contribution < -0.4 is 5.32 Å². The van der Waals surface area contributed by atoms with Crippen molar-refractivity contribution in [1.82, 2.24) is 30.5 Å². The van der Waals surface area contributed by atoms with Gasteiger partial charge in [0.1, 0.15) is 5.01 Å². The topological polar surface area (TPSA) is 68.5 Å². The number of hydrogen-bond acceptors (Lipinski definition) is 6. The van der Waals surface area contributed by atoms with E-state index in [2.05, 4.69) is 59.1 Å². The van der Waals surface area contributed by atoms with Crippen molar-refractivity contribution in [2.45, 2.75) is 39.4 Å². The van der Waals surface area contributed by atoms with Crippen LogP contribution in [0.5, 0.6) is 0 Å². The number of tetrazole rings is 1. The summed E-state index contributed by atoms with van der Waals surface area (Å²) in [7, 11) is 0. The van der Waals surface area contributed by atoms with Gasteiger partial charge in [-0.2, -0.15) is 0 Å². The monoisotopic (exact) mass is 328 g/mol. The van der Waals surface area contributed by atoms with E-state index in [1.54, 1.807) is 11.3 Å². The van der Waals surface area contributed by atoms with Crippen molar-refractivity contribution in [1.29, 1.82) is 0 Å². The third-order valence-electron chi connectivity index (χ3n) is 3.58. The molecule has 0 aliphatic rings. The fraction of sp³-hybridized carbons (Fsp3) is 0.375. The molecule has 0 spiro atoms. The van der Waals surface area contributed by atoms with E-state index >= 15 is 0 Å². The van der Waals surface area contributed by atoms with Crippen LogP contribution in [0.3, 0.4) is 0 Å². The van der Waals surface area contributed by atoms with Crippen molar-refractivity contribution in [3.05, 3.63) is 46.5 Å². The summed E-state index contributed by atoms with van der Waals surface area (Å²) < 4.78 is 1.83. The average Bonchev–Trinajstić information content (AvgIpc) is 3.22. The molecule has 23 heavy (non-hydrogen) atoms. The summed E-state index contributed by atoms with van der Waals surface area (Å²) in [5.74, 6) is 0.840. The zero-order valence-corrected chi connectivity index (χ0v) is 14.3. The maximum Gasteiger partial charge on any atom is 0.165 e. The van der Waals surface area contributed by atoms with Gasteiger partial charge >= 0.3 is 0 Å². The fourth-order valence-corrected chi connectivity index (χ4v) is 3.15. The van der Waals surface area contributed by atoms with Gasteiger partial charge < -0.3 is 5.32 Å². The van der Waals surface area contributed by atoms with Crippen molar-refractivity contribution in [3.63, 3.8) is 0 Å². The maximum atomic E-state index is 4.74. The van der Waals surface area contributed by atoms with Gasteiger partial charge in [0.25, 0.3) is 0 Å².